The summed E-state index contributed by atoms with van der Waals surface area (Å²) in [5.41, 5.74) is 2.53. The van der Waals surface area contributed by atoms with Crippen molar-refractivity contribution in [1.82, 2.24) is 14.9 Å². The summed E-state index contributed by atoms with van der Waals surface area (Å²) in [6.45, 7) is 6.96. The zero-order valence-corrected chi connectivity index (χ0v) is 17.5. The predicted octanol–water partition coefficient (Wildman–Crippen LogP) is 4.90. The lowest BCUT2D eigenvalue weighted by Gasteiger charge is -2.31. The van der Waals surface area contributed by atoms with Crippen molar-refractivity contribution in [1.29, 1.82) is 0 Å². The van der Waals surface area contributed by atoms with Gasteiger partial charge in [-0.15, -0.1) is 0 Å². The van der Waals surface area contributed by atoms with Gasteiger partial charge in [-0.1, -0.05) is 18.5 Å². The van der Waals surface area contributed by atoms with Crippen molar-refractivity contribution in [3.8, 4) is 17.0 Å². The fraction of sp³-hybridized carbons (Fsp3) is 0.429. The normalized spacial score (nSPS) is 17.6. The number of hydrogen-bond acceptors (Lipinski definition) is 6. The summed E-state index contributed by atoms with van der Waals surface area (Å²) in [6, 6.07) is 5.78. The van der Waals surface area contributed by atoms with Crippen molar-refractivity contribution in [3.05, 3.63) is 34.6 Å². The van der Waals surface area contributed by atoms with Gasteiger partial charge in [-0.3, -0.25) is 0 Å². The Morgan fingerprint density at radius 2 is 2.21 bits per heavy atom. The maximum atomic E-state index is 14.4. The van der Waals surface area contributed by atoms with Crippen LogP contribution in [0.1, 0.15) is 25.3 Å². The molecule has 8 heteroatoms. The van der Waals surface area contributed by atoms with E-state index in [9.17, 15) is 4.39 Å². The first-order chi connectivity index (χ1) is 14.0. The van der Waals surface area contributed by atoms with E-state index < -0.39 is 5.82 Å². The van der Waals surface area contributed by atoms with Crippen LogP contribution in [0.4, 0.5) is 10.4 Å². The Morgan fingerprint density at radius 3 is 2.97 bits per heavy atom. The van der Waals surface area contributed by atoms with E-state index in [0.717, 1.165) is 32.5 Å². The summed E-state index contributed by atoms with van der Waals surface area (Å²) < 4.78 is 25.6. The number of aromatic nitrogens is 2. The van der Waals surface area contributed by atoms with Gasteiger partial charge >= 0.3 is 0 Å². The molecule has 29 heavy (non-hydrogen) atoms. The average molecular weight is 419 g/mol. The zero-order valence-electron chi connectivity index (χ0n) is 16.8. The monoisotopic (exact) mass is 418 g/mol. The summed E-state index contributed by atoms with van der Waals surface area (Å²) in [5, 5.41) is 3.40. The van der Waals surface area contributed by atoms with Gasteiger partial charge in [0.1, 0.15) is 11.6 Å². The van der Waals surface area contributed by atoms with Crippen molar-refractivity contribution >= 4 is 28.8 Å². The van der Waals surface area contributed by atoms with E-state index in [2.05, 4.69) is 27.1 Å². The average Bonchev–Trinajstić information content (AvgIpc) is 3.13. The Labute approximate surface area is 174 Å². The lowest BCUT2D eigenvalue weighted by Crippen LogP contribution is -2.41. The number of anilines is 1. The number of benzene rings is 1. The fourth-order valence-corrected chi connectivity index (χ4v) is 4.10. The van der Waals surface area contributed by atoms with Crippen LogP contribution < -0.4 is 10.1 Å². The van der Waals surface area contributed by atoms with Crippen LogP contribution in [0.3, 0.4) is 0 Å². The standard InChI is InChI=1S/C21H24ClFN4O2/c1-4-27-9-5-6-13(11-27)24-21-26-20-16(29-21)8-7-15(25-20)18-12(2)19(23)14(22)10-17(18)28-3/h7-8,10,13H,4-6,9,11H2,1-3H3,(H,24,25,26)/t13-/m1/s1. The Morgan fingerprint density at radius 1 is 1.38 bits per heavy atom. The molecule has 1 aromatic carbocycles. The number of nitrogens with one attached hydrogen (secondary N) is 1. The number of methoxy groups -OCH3 is 1. The number of hydrogen-bond donors (Lipinski definition) is 1. The molecule has 154 valence electrons. The van der Waals surface area contributed by atoms with Crippen LogP contribution in [-0.4, -0.2) is 47.7 Å². The number of likely N-dealkylation sites (N-methyl/N-ethyl adjacent to an activating group) is 1. The number of pyridine rings is 1. The highest BCUT2D eigenvalue weighted by Crippen LogP contribution is 2.37. The number of oxazole rings is 1. The van der Waals surface area contributed by atoms with E-state index in [0.29, 0.717) is 45.9 Å². The minimum atomic E-state index is -0.482. The van der Waals surface area contributed by atoms with Gasteiger partial charge < -0.3 is 19.4 Å². The quantitative estimate of drug-likeness (QED) is 0.636. The molecule has 0 radical (unpaired) electrons. The van der Waals surface area contributed by atoms with Gasteiger partial charge in [-0.25, -0.2) is 9.37 Å². The minimum absolute atomic E-state index is 0.0192. The van der Waals surface area contributed by atoms with Gasteiger partial charge in [0.25, 0.3) is 6.01 Å². The summed E-state index contributed by atoms with van der Waals surface area (Å²) >= 11 is 5.95. The van der Waals surface area contributed by atoms with Crippen LogP contribution in [0.15, 0.2) is 22.6 Å². The van der Waals surface area contributed by atoms with Crippen LogP contribution in [0.5, 0.6) is 5.75 Å². The minimum Gasteiger partial charge on any atom is -0.496 e. The second-order valence-corrected chi connectivity index (χ2v) is 7.70. The highest BCUT2D eigenvalue weighted by Gasteiger charge is 2.22. The van der Waals surface area contributed by atoms with E-state index in [1.165, 1.54) is 13.2 Å². The number of piperidine rings is 1. The van der Waals surface area contributed by atoms with Gasteiger partial charge in [0.05, 0.1) is 17.8 Å². The van der Waals surface area contributed by atoms with Gasteiger partial charge in [0.2, 0.25) is 5.65 Å². The van der Waals surface area contributed by atoms with Crippen LogP contribution in [0, 0.1) is 12.7 Å². The van der Waals surface area contributed by atoms with E-state index in [1.807, 2.05) is 0 Å². The summed E-state index contributed by atoms with van der Waals surface area (Å²) in [7, 11) is 1.52. The summed E-state index contributed by atoms with van der Waals surface area (Å²) in [5.74, 6) is -0.0193. The van der Waals surface area contributed by atoms with E-state index in [1.54, 1.807) is 19.1 Å². The third-order valence-electron chi connectivity index (χ3n) is 5.43. The van der Waals surface area contributed by atoms with E-state index in [-0.39, 0.29) is 5.02 Å². The molecule has 0 unspecified atom stereocenters. The van der Waals surface area contributed by atoms with Crippen LogP contribution >= 0.6 is 11.6 Å². The zero-order chi connectivity index (χ0) is 20.5. The van der Waals surface area contributed by atoms with Gasteiger partial charge in [0, 0.05) is 24.2 Å². The van der Waals surface area contributed by atoms with E-state index >= 15 is 0 Å². The van der Waals surface area contributed by atoms with Gasteiger partial charge in [0.15, 0.2) is 5.58 Å². The van der Waals surface area contributed by atoms with Crippen molar-refractivity contribution in [2.75, 3.05) is 32.1 Å². The predicted molar refractivity (Wildman–Crippen MR) is 112 cm³/mol. The van der Waals surface area contributed by atoms with Crippen molar-refractivity contribution in [2.45, 2.75) is 32.7 Å². The Balaban J connectivity index is 1.65. The Bertz CT molecular complexity index is 1040. The SMILES string of the molecule is CCN1CCC[C@@H](Nc2nc3nc(-c4c(OC)cc(Cl)c(F)c4C)ccc3o2)C1. The van der Waals surface area contributed by atoms with Gasteiger partial charge in [-0.2, -0.15) is 4.98 Å². The Kier molecular flexibility index (Phi) is 5.61. The molecular weight excluding hydrogens is 395 g/mol. The molecular formula is C21H24ClFN4O2. The highest BCUT2D eigenvalue weighted by atomic mass is 35.5. The summed E-state index contributed by atoms with van der Waals surface area (Å²) in [6.07, 6.45) is 2.23. The lowest BCUT2D eigenvalue weighted by molar-refractivity contribution is 0.225. The topological polar surface area (TPSA) is 63.4 Å². The maximum Gasteiger partial charge on any atom is 0.297 e. The molecule has 3 heterocycles. The molecule has 1 fully saturated rings. The van der Waals surface area contributed by atoms with Crippen molar-refractivity contribution in [2.24, 2.45) is 0 Å². The maximum absolute atomic E-state index is 14.4. The Hall–Kier alpha value is -2.38. The number of rotatable bonds is 5. The molecule has 2 aromatic heterocycles. The lowest BCUT2D eigenvalue weighted by atomic mass is 10.0. The molecule has 4 rings (SSSR count). The molecule has 0 spiro atoms. The number of halogens is 2. The van der Waals surface area contributed by atoms with Crippen LogP contribution in [0.2, 0.25) is 5.02 Å². The molecule has 1 aliphatic rings. The molecule has 0 saturated carbocycles. The number of likely N-dealkylation sites (tertiary alicyclic amines) is 1. The molecule has 1 aliphatic heterocycles. The smallest absolute Gasteiger partial charge is 0.297 e. The van der Waals surface area contributed by atoms with Crippen LogP contribution in [0.25, 0.3) is 22.5 Å². The third-order valence-corrected chi connectivity index (χ3v) is 5.70. The van der Waals surface area contributed by atoms with Crippen LogP contribution in [-0.2, 0) is 0 Å². The number of nitrogens with zero attached hydrogens (tertiary/aromatic N) is 3. The van der Waals surface area contributed by atoms with Crippen molar-refractivity contribution in [3.63, 3.8) is 0 Å². The second kappa shape index (κ2) is 8.16. The molecule has 3 aromatic rings. The number of fused-ring (bicyclic) bond motifs is 1. The fourth-order valence-electron chi connectivity index (χ4n) is 3.86. The highest BCUT2D eigenvalue weighted by molar-refractivity contribution is 6.31. The third kappa shape index (κ3) is 3.89. The molecule has 0 amide bonds. The molecule has 1 N–H and O–H groups in total. The molecule has 1 atom stereocenters. The molecule has 1 saturated heterocycles. The molecule has 6 nitrogen and oxygen atoms in total. The van der Waals surface area contributed by atoms with Crippen molar-refractivity contribution < 1.29 is 13.5 Å². The molecule has 0 bridgehead atoms. The second-order valence-electron chi connectivity index (χ2n) is 7.29. The number of ether oxygens (including phenoxy) is 1. The first-order valence-corrected chi connectivity index (χ1v) is 10.2. The largest absolute Gasteiger partial charge is 0.496 e. The van der Waals surface area contributed by atoms with E-state index in [4.69, 9.17) is 20.8 Å². The first-order valence-electron chi connectivity index (χ1n) is 9.79. The summed E-state index contributed by atoms with van der Waals surface area (Å²) in [4.78, 5) is 11.5. The molecule has 0 aliphatic carbocycles. The van der Waals surface area contributed by atoms with Gasteiger partial charge in [-0.05, 0) is 50.6 Å². The first kappa shape index (κ1) is 19.9.